The standard InChI is InChI=1S/C25H33N3O5S/c1-18-14-28(19(2)17-29)34(31,32)25-10-9-21(8-7-20(3)30)12-23(25)33-24(18)16-27(4)15-22-6-5-11-26-13-22/h5-6,9-13,18-20,24,29-30H,14-17H2,1-4H3/t18-,19+,20+,24+/m0/s1. The molecule has 0 fully saturated rings. The number of hydrogen-bond donors (Lipinski definition) is 2. The van der Waals surface area contributed by atoms with Crippen LogP contribution in [0.2, 0.25) is 0 Å². The van der Waals surface area contributed by atoms with Crippen molar-refractivity contribution < 1.29 is 23.4 Å². The van der Waals surface area contributed by atoms with Gasteiger partial charge in [0.15, 0.2) is 0 Å². The zero-order chi connectivity index (χ0) is 24.9. The van der Waals surface area contributed by atoms with E-state index in [0.717, 1.165) is 5.56 Å². The molecule has 1 aromatic carbocycles. The molecule has 2 N–H and O–H groups in total. The van der Waals surface area contributed by atoms with Crippen molar-refractivity contribution in [3.05, 3.63) is 53.9 Å². The summed E-state index contributed by atoms with van der Waals surface area (Å²) in [4.78, 5) is 6.32. The molecule has 2 aromatic rings. The van der Waals surface area contributed by atoms with Crippen molar-refractivity contribution in [1.82, 2.24) is 14.2 Å². The summed E-state index contributed by atoms with van der Waals surface area (Å²) >= 11 is 0. The van der Waals surface area contributed by atoms with E-state index in [2.05, 4.69) is 21.7 Å². The van der Waals surface area contributed by atoms with Crippen LogP contribution in [0.15, 0.2) is 47.6 Å². The zero-order valence-electron chi connectivity index (χ0n) is 20.0. The van der Waals surface area contributed by atoms with Crippen LogP contribution in [0.25, 0.3) is 0 Å². The third-order valence-corrected chi connectivity index (χ3v) is 7.78. The molecule has 2 heterocycles. The summed E-state index contributed by atoms with van der Waals surface area (Å²) in [5.74, 6) is 5.60. The molecule has 0 spiro atoms. The number of aliphatic hydroxyl groups excluding tert-OH is 2. The molecule has 0 amide bonds. The Kier molecular flexibility index (Phi) is 8.68. The molecule has 0 bridgehead atoms. The molecule has 0 saturated heterocycles. The summed E-state index contributed by atoms with van der Waals surface area (Å²) in [5.41, 5.74) is 1.62. The van der Waals surface area contributed by atoms with Gasteiger partial charge in [0.2, 0.25) is 10.0 Å². The van der Waals surface area contributed by atoms with Gasteiger partial charge in [-0.15, -0.1) is 0 Å². The number of likely N-dealkylation sites (N-methyl/N-ethyl adjacent to an activating group) is 1. The average molecular weight is 488 g/mol. The smallest absolute Gasteiger partial charge is 0.247 e. The minimum Gasteiger partial charge on any atom is -0.487 e. The fourth-order valence-electron chi connectivity index (χ4n) is 3.88. The number of ether oxygens (including phenoxy) is 1. The lowest BCUT2D eigenvalue weighted by atomic mass is 10.0. The lowest BCUT2D eigenvalue weighted by Gasteiger charge is -2.37. The average Bonchev–Trinajstić information content (AvgIpc) is 2.80. The zero-order valence-corrected chi connectivity index (χ0v) is 20.9. The quantitative estimate of drug-likeness (QED) is 0.598. The Labute approximate surface area is 202 Å². The van der Waals surface area contributed by atoms with Gasteiger partial charge in [0, 0.05) is 49.6 Å². The van der Waals surface area contributed by atoms with Crippen molar-refractivity contribution in [2.45, 2.75) is 50.5 Å². The van der Waals surface area contributed by atoms with Crippen LogP contribution >= 0.6 is 0 Å². The van der Waals surface area contributed by atoms with E-state index >= 15 is 0 Å². The van der Waals surface area contributed by atoms with Gasteiger partial charge in [0.1, 0.15) is 22.9 Å². The van der Waals surface area contributed by atoms with E-state index in [1.807, 2.05) is 32.3 Å². The van der Waals surface area contributed by atoms with Gasteiger partial charge in [-0.05, 0) is 50.7 Å². The number of fused-ring (bicyclic) bond motifs is 1. The van der Waals surface area contributed by atoms with Crippen molar-refractivity contribution >= 4 is 10.0 Å². The lowest BCUT2D eigenvalue weighted by molar-refractivity contribution is 0.0733. The third kappa shape index (κ3) is 6.34. The van der Waals surface area contributed by atoms with E-state index in [-0.39, 0.29) is 35.8 Å². The Morgan fingerprint density at radius 3 is 2.74 bits per heavy atom. The van der Waals surface area contributed by atoms with Crippen LogP contribution in [0.5, 0.6) is 5.75 Å². The third-order valence-electron chi connectivity index (χ3n) is 5.76. The highest BCUT2D eigenvalue weighted by molar-refractivity contribution is 7.89. The van der Waals surface area contributed by atoms with Gasteiger partial charge in [0.05, 0.1) is 6.61 Å². The number of hydrogen-bond acceptors (Lipinski definition) is 7. The van der Waals surface area contributed by atoms with Crippen LogP contribution in [-0.4, -0.2) is 77.8 Å². The highest BCUT2D eigenvalue weighted by atomic mass is 32.2. The molecule has 0 aliphatic carbocycles. The predicted octanol–water partition coefficient (Wildman–Crippen LogP) is 1.71. The van der Waals surface area contributed by atoms with Gasteiger partial charge in [-0.25, -0.2) is 8.42 Å². The lowest BCUT2D eigenvalue weighted by Crippen LogP contribution is -2.49. The summed E-state index contributed by atoms with van der Waals surface area (Å²) in [7, 11) is -1.92. The molecule has 0 radical (unpaired) electrons. The number of benzene rings is 1. The summed E-state index contributed by atoms with van der Waals surface area (Å²) < 4.78 is 34.7. The fraction of sp³-hybridized carbons (Fsp3) is 0.480. The Hall–Kier alpha value is -2.48. The van der Waals surface area contributed by atoms with Crippen molar-refractivity contribution in [3.63, 3.8) is 0 Å². The number of aliphatic hydroxyl groups is 2. The highest BCUT2D eigenvalue weighted by Crippen LogP contribution is 2.34. The van der Waals surface area contributed by atoms with Gasteiger partial charge in [-0.3, -0.25) is 9.88 Å². The van der Waals surface area contributed by atoms with Crippen LogP contribution < -0.4 is 4.74 Å². The van der Waals surface area contributed by atoms with Gasteiger partial charge >= 0.3 is 0 Å². The first kappa shape index (κ1) is 26.1. The SMILES string of the molecule is C[C@H](CO)N1C[C@H](C)[C@@H](CN(C)Cc2cccnc2)Oc2cc(C#C[C@@H](C)O)ccc2S1(=O)=O. The van der Waals surface area contributed by atoms with Crippen molar-refractivity contribution in [2.24, 2.45) is 5.92 Å². The van der Waals surface area contributed by atoms with E-state index < -0.39 is 22.2 Å². The predicted molar refractivity (Wildman–Crippen MR) is 130 cm³/mol. The first-order chi connectivity index (χ1) is 16.1. The number of sulfonamides is 1. The van der Waals surface area contributed by atoms with E-state index in [9.17, 15) is 18.6 Å². The van der Waals surface area contributed by atoms with Crippen molar-refractivity contribution in [1.29, 1.82) is 0 Å². The van der Waals surface area contributed by atoms with Gasteiger partial charge in [-0.2, -0.15) is 4.31 Å². The molecule has 9 heteroatoms. The van der Waals surface area contributed by atoms with E-state index in [4.69, 9.17) is 4.74 Å². The molecule has 1 aliphatic heterocycles. The van der Waals surface area contributed by atoms with Crippen molar-refractivity contribution in [2.75, 3.05) is 26.7 Å². The van der Waals surface area contributed by atoms with Gasteiger partial charge in [-0.1, -0.05) is 24.8 Å². The molecular weight excluding hydrogens is 454 g/mol. The summed E-state index contributed by atoms with van der Waals surface area (Å²) in [6.45, 7) is 6.37. The van der Waals surface area contributed by atoms with Gasteiger partial charge < -0.3 is 14.9 Å². The Morgan fingerprint density at radius 2 is 2.09 bits per heavy atom. The monoisotopic (exact) mass is 487 g/mol. The molecule has 3 rings (SSSR count). The van der Waals surface area contributed by atoms with Crippen LogP contribution in [0.4, 0.5) is 0 Å². The van der Waals surface area contributed by atoms with Crippen molar-refractivity contribution in [3.8, 4) is 17.6 Å². The molecule has 4 atom stereocenters. The van der Waals surface area contributed by atoms with E-state index in [1.54, 1.807) is 32.2 Å². The second-order valence-corrected chi connectivity index (χ2v) is 10.8. The second-order valence-electron chi connectivity index (χ2n) is 8.90. The maximum Gasteiger partial charge on any atom is 0.247 e. The number of rotatable bonds is 6. The maximum absolute atomic E-state index is 13.5. The first-order valence-corrected chi connectivity index (χ1v) is 12.8. The largest absolute Gasteiger partial charge is 0.487 e. The van der Waals surface area contributed by atoms with Crippen LogP contribution in [0.3, 0.4) is 0 Å². The van der Waals surface area contributed by atoms with E-state index in [0.29, 0.717) is 18.7 Å². The van der Waals surface area contributed by atoms with Gasteiger partial charge in [0.25, 0.3) is 0 Å². The number of aromatic nitrogens is 1. The Bertz CT molecular complexity index is 1130. The summed E-state index contributed by atoms with van der Waals surface area (Å²) in [6, 6.07) is 8.01. The minimum atomic E-state index is -3.91. The molecule has 8 nitrogen and oxygen atoms in total. The summed E-state index contributed by atoms with van der Waals surface area (Å²) in [6.07, 6.45) is 2.43. The first-order valence-electron chi connectivity index (χ1n) is 11.3. The fourth-order valence-corrected chi connectivity index (χ4v) is 5.71. The maximum atomic E-state index is 13.5. The Balaban J connectivity index is 1.99. The molecule has 1 aromatic heterocycles. The highest BCUT2D eigenvalue weighted by Gasteiger charge is 2.38. The van der Waals surface area contributed by atoms with Crippen LogP contribution in [0, 0.1) is 17.8 Å². The molecule has 184 valence electrons. The van der Waals surface area contributed by atoms with E-state index in [1.165, 1.54) is 10.4 Å². The molecule has 1 aliphatic rings. The second kappa shape index (κ2) is 11.3. The van der Waals surface area contributed by atoms with Crippen LogP contribution in [0.1, 0.15) is 31.9 Å². The number of pyridine rings is 1. The molecule has 34 heavy (non-hydrogen) atoms. The Morgan fingerprint density at radius 1 is 1.32 bits per heavy atom. The molecule has 0 unspecified atom stereocenters. The topological polar surface area (TPSA) is 103 Å². The normalized spacial score (nSPS) is 21.9. The summed E-state index contributed by atoms with van der Waals surface area (Å²) in [5, 5.41) is 19.3. The molecule has 0 saturated carbocycles. The minimum absolute atomic E-state index is 0.0437. The van der Waals surface area contributed by atoms with Crippen LogP contribution in [-0.2, 0) is 16.6 Å². The number of nitrogens with zero attached hydrogens (tertiary/aromatic N) is 3. The molecular formula is C25H33N3O5S.